The maximum absolute atomic E-state index is 12.1. The Morgan fingerprint density at radius 3 is 2.27 bits per heavy atom. The highest BCUT2D eigenvalue weighted by atomic mass is 79.9. The minimum Gasteiger partial charge on any atom is -0.481 e. The summed E-state index contributed by atoms with van der Waals surface area (Å²) < 4.78 is 6.47. The van der Waals surface area contributed by atoms with E-state index in [1.807, 2.05) is 26.0 Å². The van der Waals surface area contributed by atoms with Crippen molar-refractivity contribution in [3.05, 3.63) is 28.7 Å². The molecule has 0 aliphatic carbocycles. The number of hydrogen-bond donors (Lipinski definition) is 2. The molecule has 0 radical (unpaired) electrons. The zero-order valence-corrected chi connectivity index (χ0v) is 14.6. The van der Waals surface area contributed by atoms with Crippen molar-refractivity contribution in [3.8, 4) is 5.75 Å². The number of nitrogens with one attached hydrogen (secondary N) is 1. The summed E-state index contributed by atoms with van der Waals surface area (Å²) in [4.78, 5) is 23.5. The number of benzene rings is 1. The van der Waals surface area contributed by atoms with Gasteiger partial charge in [-0.1, -0.05) is 29.8 Å². The van der Waals surface area contributed by atoms with E-state index in [-0.39, 0.29) is 12.5 Å². The number of hydrogen-bond acceptors (Lipinski definition) is 3. The van der Waals surface area contributed by atoms with Gasteiger partial charge in [-0.2, -0.15) is 0 Å². The van der Waals surface area contributed by atoms with Gasteiger partial charge in [-0.05, 0) is 44.0 Å². The van der Waals surface area contributed by atoms with Crippen LogP contribution in [0.1, 0.15) is 33.6 Å². The summed E-state index contributed by atoms with van der Waals surface area (Å²) in [6.07, 6.45) is 0.226. The molecule has 0 aliphatic rings. The Labute approximate surface area is 139 Å². The lowest BCUT2D eigenvalue weighted by Gasteiger charge is -2.27. The number of rotatable bonds is 8. The molecule has 1 unspecified atom stereocenters. The van der Waals surface area contributed by atoms with E-state index in [1.54, 1.807) is 19.1 Å². The van der Waals surface area contributed by atoms with Crippen LogP contribution in [0.25, 0.3) is 0 Å². The van der Waals surface area contributed by atoms with Crippen molar-refractivity contribution in [1.29, 1.82) is 0 Å². The molecule has 0 bridgehead atoms. The van der Waals surface area contributed by atoms with E-state index in [0.717, 1.165) is 4.47 Å². The first-order valence-electron chi connectivity index (χ1n) is 7.28. The average molecular weight is 372 g/mol. The van der Waals surface area contributed by atoms with Crippen LogP contribution in [-0.4, -0.2) is 29.6 Å². The predicted molar refractivity (Wildman–Crippen MR) is 87.9 cm³/mol. The Balaban J connectivity index is 2.60. The van der Waals surface area contributed by atoms with Gasteiger partial charge in [0, 0.05) is 11.0 Å². The SMILES string of the molecule is CCC(CC)(CNC(=O)C(C)Oc1ccc(Br)cc1)C(=O)O. The van der Waals surface area contributed by atoms with Gasteiger partial charge in [0.05, 0.1) is 5.41 Å². The summed E-state index contributed by atoms with van der Waals surface area (Å²) in [5, 5.41) is 12.0. The molecule has 6 heteroatoms. The Hall–Kier alpha value is -1.56. The van der Waals surface area contributed by atoms with Gasteiger partial charge in [-0.15, -0.1) is 0 Å². The molecule has 2 N–H and O–H groups in total. The largest absolute Gasteiger partial charge is 0.481 e. The van der Waals surface area contributed by atoms with Gasteiger partial charge in [0.25, 0.3) is 5.91 Å². The Morgan fingerprint density at radius 1 is 1.27 bits per heavy atom. The van der Waals surface area contributed by atoms with Crippen LogP contribution >= 0.6 is 15.9 Å². The monoisotopic (exact) mass is 371 g/mol. The summed E-state index contributed by atoms with van der Waals surface area (Å²) in [6, 6.07) is 7.16. The van der Waals surface area contributed by atoms with E-state index in [9.17, 15) is 14.7 Å². The lowest BCUT2D eigenvalue weighted by atomic mass is 9.82. The van der Waals surface area contributed by atoms with E-state index >= 15 is 0 Å². The van der Waals surface area contributed by atoms with Gasteiger partial charge in [0.15, 0.2) is 6.10 Å². The average Bonchev–Trinajstić information content (AvgIpc) is 2.50. The molecule has 1 aromatic carbocycles. The molecule has 22 heavy (non-hydrogen) atoms. The maximum atomic E-state index is 12.1. The van der Waals surface area contributed by atoms with Crippen LogP contribution in [0.3, 0.4) is 0 Å². The summed E-state index contributed by atoms with van der Waals surface area (Å²) in [5.41, 5.74) is -0.924. The van der Waals surface area contributed by atoms with Gasteiger partial charge in [-0.3, -0.25) is 9.59 Å². The second kappa shape index (κ2) is 8.17. The molecular formula is C16H22BrNO4. The molecule has 1 amide bonds. The standard InChI is InChI=1S/C16H22BrNO4/c1-4-16(5-2,15(20)21)10-18-14(19)11(3)22-13-8-6-12(17)7-9-13/h6-9,11H,4-5,10H2,1-3H3,(H,18,19)(H,20,21). The first-order valence-corrected chi connectivity index (χ1v) is 8.07. The van der Waals surface area contributed by atoms with Crippen molar-refractivity contribution < 1.29 is 19.4 Å². The fourth-order valence-corrected chi connectivity index (χ4v) is 2.31. The number of carboxylic acids is 1. The van der Waals surface area contributed by atoms with Crippen LogP contribution in [0.2, 0.25) is 0 Å². The molecule has 1 rings (SSSR count). The smallest absolute Gasteiger partial charge is 0.311 e. The number of carbonyl (C=O) groups excluding carboxylic acids is 1. The topological polar surface area (TPSA) is 75.6 Å². The number of carbonyl (C=O) groups is 2. The normalized spacial score (nSPS) is 12.5. The molecule has 0 fully saturated rings. The third-order valence-corrected chi connectivity index (χ3v) is 4.43. The first-order chi connectivity index (χ1) is 10.3. The highest BCUT2D eigenvalue weighted by Crippen LogP contribution is 2.25. The molecule has 5 nitrogen and oxygen atoms in total. The number of aliphatic carboxylic acids is 1. The van der Waals surface area contributed by atoms with Crippen LogP contribution in [0.15, 0.2) is 28.7 Å². The minimum atomic E-state index is -0.924. The van der Waals surface area contributed by atoms with E-state index < -0.39 is 17.5 Å². The summed E-state index contributed by atoms with van der Waals surface area (Å²) in [5.74, 6) is -0.629. The summed E-state index contributed by atoms with van der Waals surface area (Å²) >= 11 is 3.33. The lowest BCUT2D eigenvalue weighted by molar-refractivity contribution is -0.149. The fourth-order valence-electron chi connectivity index (χ4n) is 2.05. The molecule has 0 spiro atoms. The van der Waals surface area contributed by atoms with E-state index in [1.165, 1.54) is 0 Å². The van der Waals surface area contributed by atoms with Crippen LogP contribution in [0.5, 0.6) is 5.75 Å². The van der Waals surface area contributed by atoms with Crippen molar-refractivity contribution in [2.24, 2.45) is 5.41 Å². The lowest BCUT2D eigenvalue weighted by Crippen LogP contribution is -2.46. The van der Waals surface area contributed by atoms with Crippen LogP contribution in [0.4, 0.5) is 0 Å². The van der Waals surface area contributed by atoms with Crippen LogP contribution < -0.4 is 10.1 Å². The molecule has 0 aliphatic heterocycles. The molecular weight excluding hydrogens is 350 g/mol. The summed E-state index contributed by atoms with van der Waals surface area (Å²) in [7, 11) is 0. The van der Waals surface area contributed by atoms with E-state index in [2.05, 4.69) is 21.2 Å². The van der Waals surface area contributed by atoms with E-state index in [0.29, 0.717) is 18.6 Å². The van der Waals surface area contributed by atoms with Gasteiger partial charge in [-0.25, -0.2) is 0 Å². The Bertz CT molecular complexity index is 511. The number of halogens is 1. The number of carboxylic acid groups (broad SMARTS) is 1. The molecule has 0 saturated carbocycles. The molecule has 0 saturated heterocycles. The van der Waals surface area contributed by atoms with Gasteiger partial charge < -0.3 is 15.2 Å². The zero-order valence-electron chi connectivity index (χ0n) is 13.1. The predicted octanol–water partition coefficient (Wildman–Crippen LogP) is 3.22. The van der Waals surface area contributed by atoms with Crippen molar-refractivity contribution >= 4 is 27.8 Å². The van der Waals surface area contributed by atoms with Crippen molar-refractivity contribution in [1.82, 2.24) is 5.32 Å². The Morgan fingerprint density at radius 2 is 1.82 bits per heavy atom. The molecule has 1 aromatic rings. The third-order valence-electron chi connectivity index (χ3n) is 3.90. The van der Waals surface area contributed by atoms with Crippen molar-refractivity contribution in [2.45, 2.75) is 39.7 Å². The highest BCUT2D eigenvalue weighted by molar-refractivity contribution is 9.10. The molecule has 0 heterocycles. The minimum absolute atomic E-state index is 0.0994. The zero-order chi connectivity index (χ0) is 16.8. The quantitative estimate of drug-likeness (QED) is 0.735. The van der Waals surface area contributed by atoms with Gasteiger partial charge in [0.1, 0.15) is 5.75 Å². The highest BCUT2D eigenvalue weighted by Gasteiger charge is 2.35. The van der Waals surface area contributed by atoms with Gasteiger partial charge >= 0.3 is 5.97 Å². The van der Waals surface area contributed by atoms with Crippen LogP contribution in [-0.2, 0) is 9.59 Å². The molecule has 0 aromatic heterocycles. The Kier molecular flexibility index (Phi) is 6.87. The fraction of sp³-hybridized carbons (Fsp3) is 0.500. The molecule has 122 valence electrons. The van der Waals surface area contributed by atoms with Crippen molar-refractivity contribution in [2.75, 3.05) is 6.54 Å². The molecule has 1 atom stereocenters. The first kappa shape index (κ1) is 18.5. The number of amides is 1. The summed E-state index contributed by atoms with van der Waals surface area (Å²) in [6.45, 7) is 5.36. The van der Waals surface area contributed by atoms with Gasteiger partial charge in [0.2, 0.25) is 0 Å². The van der Waals surface area contributed by atoms with Crippen molar-refractivity contribution in [3.63, 3.8) is 0 Å². The number of ether oxygens (including phenoxy) is 1. The van der Waals surface area contributed by atoms with E-state index in [4.69, 9.17) is 4.74 Å². The second-order valence-electron chi connectivity index (χ2n) is 5.22. The second-order valence-corrected chi connectivity index (χ2v) is 6.14. The third kappa shape index (κ3) is 4.73. The maximum Gasteiger partial charge on any atom is 0.311 e. The van der Waals surface area contributed by atoms with Crippen LogP contribution in [0, 0.1) is 5.41 Å².